The molecule has 5 nitrogen and oxygen atoms in total. The maximum Gasteiger partial charge on any atom is 0.433 e. The third kappa shape index (κ3) is 4.49. The summed E-state index contributed by atoms with van der Waals surface area (Å²) in [5.41, 5.74) is -0.624. The molecule has 0 bridgehead atoms. The SMILES string of the molecule is CN1CCCC(CN(C)c2cc(C(F)(F)F)nc(-c3ccccn3)n2)C1. The molecule has 140 valence electrons. The number of halogens is 3. The molecule has 0 radical (unpaired) electrons. The molecule has 8 heteroatoms. The minimum Gasteiger partial charge on any atom is -0.359 e. The molecule has 2 aromatic rings. The lowest BCUT2D eigenvalue weighted by Gasteiger charge is -2.32. The Balaban J connectivity index is 1.90. The zero-order chi connectivity index (χ0) is 18.7. The van der Waals surface area contributed by atoms with E-state index in [9.17, 15) is 13.2 Å². The van der Waals surface area contributed by atoms with E-state index in [1.807, 2.05) is 0 Å². The Kier molecular flexibility index (Phi) is 5.41. The molecule has 1 atom stereocenters. The summed E-state index contributed by atoms with van der Waals surface area (Å²) in [5.74, 6) is 0.658. The van der Waals surface area contributed by atoms with Crippen molar-refractivity contribution in [1.82, 2.24) is 19.9 Å². The fraction of sp³-hybridized carbons (Fsp3) is 0.500. The number of hydrogen-bond acceptors (Lipinski definition) is 5. The van der Waals surface area contributed by atoms with E-state index < -0.39 is 11.9 Å². The van der Waals surface area contributed by atoms with Gasteiger partial charge < -0.3 is 9.80 Å². The van der Waals surface area contributed by atoms with Crippen LogP contribution in [-0.2, 0) is 6.18 Å². The van der Waals surface area contributed by atoms with Gasteiger partial charge in [-0.3, -0.25) is 4.98 Å². The Labute approximate surface area is 150 Å². The molecule has 1 aliphatic rings. The molecule has 0 spiro atoms. The number of piperidine rings is 1. The highest BCUT2D eigenvalue weighted by molar-refractivity contribution is 5.53. The van der Waals surface area contributed by atoms with Crippen LogP contribution in [0.15, 0.2) is 30.5 Å². The maximum atomic E-state index is 13.3. The molecule has 1 aliphatic heterocycles. The zero-order valence-corrected chi connectivity index (χ0v) is 14.9. The van der Waals surface area contributed by atoms with E-state index in [-0.39, 0.29) is 11.6 Å². The first-order valence-electron chi connectivity index (χ1n) is 8.60. The molecule has 3 heterocycles. The normalized spacial score (nSPS) is 18.7. The number of nitrogens with zero attached hydrogens (tertiary/aromatic N) is 5. The van der Waals surface area contributed by atoms with Gasteiger partial charge in [0.15, 0.2) is 11.5 Å². The van der Waals surface area contributed by atoms with Gasteiger partial charge >= 0.3 is 6.18 Å². The monoisotopic (exact) mass is 365 g/mol. The Morgan fingerprint density at radius 2 is 2.08 bits per heavy atom. The van der Waals surface area contributed by atoms with E-state index >= 15 is 0 Å². The molecule has 0 amide bonds. The fourth-order valence-corrected chi connectivity index (χ4v) is 3.29. The number of hydrogen-bond donors (Lipinski definition) is 0. The number of likely N-dealkylation sites (tertiary alicyclic amines) is 1. The lowest BCUT2D eigenvalue weighted by Crippen LogP contribution is -2.38. The largest absolute Gasteiger partial charge is 0.433 e. The van der Waals surface area contributed by atoms with Crippen LogP contribution in [0.2, 0.25) is 0 Å². The van der Waals surface area contributed by atoms with Gasteiger partial charge in [-0.25, -0.2) is 9.97 Å². The van der Waals surface area contributed by atoms with Crippen LogP contribution in [0.4, 0.5) is 19.0 Å². The van der Waals surface area contributed by atoms with Crippen molar-refractivity contribution in [3.05, 3.63) is 36.2 Å². The van der Waals surface area contributed by atoms with Crippen molar-refractivity contribution in [1.29, 1.82) is 0 Å². The van der Waals surface area contributed by atoms with Crippen LogP contribution in [0.25, 0.3) is 11.5 Å². The van der Waals surface area contributed by atoms with Gasteiger partial charge in [0.05, 0.1) is 0 Å². The van der Waals surface area contributed by atoms with Crippen molar-refractivity contribution in [2.45, 2.75) is 19.0 Å². The Hall–Kier alpha value is -2.22. The molecule has 1 fully saturated rings. The lowest BCUT2D eigenvalue weighted by atomic mass is 9.98. The van der Waals surface area contributed by atoms with Crippen LogP contribution in [0.3, 0.4) is 0 Å². The number of aromatic nitrogens is 3. The Bertz CT molecular complexity index is 735. The Morgan fingerprint density at radius 3 is 2.73 bits per heavy atom. The van der Waals surface area contributed by atoms with Crippen molar-refractivity contribution in [2.75, 3.05) is 38.6 Å². The quantitative estimate of drug-likeness (QED) is 0.832. The molecule has 0 aromatic carbocycles. The fourth-order valence-electron chi connectivity index (χ4n) is 3.29. The van der Waals surface area contributed by atoms with Crippen LogP contribution in [0.1, 0.15) is 18.5 Å². The van der Waals surface area contributed by atoms with Gasteiger partial charge in [-0.15, -0.1) is 0 Å². The molecular formula is C18H22F3N5. The average molecular weight is 365 g/mol. The molecular weight excluding hydrogens is 343 g/mol. The molecule has 26 heavy (non-hydrogen) atoms. The molecule has 0 saturated carbocycles. The van der Waals surface area contributed by atoms with Gasteiger partial charge in [0.2, 0.25) is 0 Å². The highest BCUT2D eigenvalue weighted by atomic mass is 19.4. The average Bonchev–Trinajstić information content (AvgIpc) is 2.61. The van der Waals surface area contributed by atoms with E-state index in [0.29, 0.717) is 18.2 Å². The zero-order valence-electron chi connectivity index (χ0n) is 14.9. The van der Waals surface area contributed by atoms with Crippen LogP contribution in [-0.4, -0.2) is 53.6 Å². The summed E-state index contributed by atoms with van der Waals surface area (Å²) in [6.45, 7) is 2.66. The smallest absolute Gasteiger partial charge is 0.359 e. The third-order valence-corrected chi connectivity index (χ3v) is 4.54. The highest BCUT2D eigenvalue weighted by Gasteiger charge is 2.34. The second kappa shape index (κ2) is 7.57. The summed E-state index contributed by atoms with van der Waals surface area (Å²) < 4.78 is 39.9. The molecule has 0 aliphatic carbocycles. The second-order valence-corrected chi connectivity index (χ2v) is 6.80. The van der Waals surface area contributed by atoms with Gasteiger partial charge in [-0.1, -0.05) is 6.07 Å². The molecule has 1 unspecified atom stereocenters. The van der Waals surface area contributed by atoms with E-state index in [0.717, 1.165) is 32.0 Å². The summed E-state index contributed by atoms with van der Waals surface area (Å²) >= 11 is 0. The van der Waals surface area contributed by atoms with Gasteiger partial charge in [-0.2, -0.15) is 13.2 Å². The summed E-state index contributed by atoms with van der Waals surface area (Å²) in [6, 6.07) is 6.02. The topological polar surface area (TPSA) is 45.2 Å². The number of rotatable bonds is 4. The van der Waals surface area contributed by atoms with Crippen LogP contribution < -0.4 is 4.90 Å². The van der Waals surface area contributed by atoms with Crippen molar-refractivity contribution in [2.24, 2.45) is 5.92 Å². The van der Waals surface area contributed by atoms with Gasteiger partial charge in [0, 0.05) is 32.4 Å². The van der Waals surface area contributed by atoms with E-state index in [2.05, 4.69) is 26.9 Å². The van der Waals surface area contributed by atoms with Crippen molar-refractivity contribution in [3.63, 3.8) is 0 Å². The summed E-state index contributed by atoms with van der Waals surface area (Å²) in [4.78, 5) is 16.1. The predicted molar refractivity (Wildman–Crippen MR) is 93.8 cm³/mol. The minimum absolute atomic E-state index is 0.0111. The van der Waals surface area contributed by atoms with Crippen LogP contribution >= 0.6 is 0 Å². The molecule has 2 aromatic heterocycles. The third-order valence-electron chi connectivity index (χ3n) is 4.54. The number of pyridine rings is 1. The van der Waals surface area contributed by atoms with Gasteiger partial charge in [0.25, 0.3) is 0 Å². The minimum atomic E-state index is -4.53. The summed E-state index contributed by atoms with van der Waals surface area (Å²) in [6.07, 6.45) is -0.849. The number of anilines is 1. The lowest BCUT2D eigenvalue weighted by molar-refractivity contribution is -0.141. The predicted octanol–water partition coefficient (Wildman–Crippen LogP) is 3.34. The standard InChI is InChI=1S/C18H22F3N5/c1-25-9-5-6-13(11-25)12-26(2)16-10-15(18(19,20)21)23-17(24-16)14-7-3-4-8-22-14/h3-4,7-8,10,13H,5-6,9,11-12H2,1-2H3. The number of alkyl halides is 3. The second-order valence-electron chi connectivity index (χ2n) is 6.80. The highest BCUT2D eigenvalue weighted by Crippen LogP contribution is 2.31. The Morgan fingerprint density at radius 1 is 1.27 bits per heavy atom. The van der Waals surface area contributed by atoms with E-state index in [4.69, 9.17) is 0 Å². The first kappa shape index (κ1) is 18.6. The van der Waals surface area contributed by atoms with Crippen molar-refractivity contribution >= 4 is 5.82 Å². The van der Waals surface area contributed by atoms with E-state index in [1.165, 1.54) is 6.20 Å². The van der Waals surface area contributed by atoms with E-state index in [1.54, 1.807) is 30.1 Å². The van der Waals surface area contributed by atoms with Crippen LogP contribution in [0, 0.1) is 5.92 Å². The first-order chi connectivity index (χ1) is 12.3. The van der Waals surface area contributed by atoms with Crippen LogP contribution in [0.5, 0.6) is 0 Å². The van der Waals surface area contributed by atoms with Crippen molar-refractivity contribution < 1.29 is 13.2 Å². The summed E-state index contributed by atoms with van der Waals surface area (Å²) in [5, 5.41) is 0. The molecule has 3 rings (SSSR count). The summed E-state index contributed by atoms with van der Waals surface area (Å²) in [7, 11) is 3.84. The van der Waals surface area contributed by atoms with Crippen molar-refractivity contribution in [3.8, 4) is 11.5 Å². The van der Waals surface area contributed by atoms with Gasteiger partial charge in [-0.05, 0) is 44.5 Å². The van der Waals surface area contributed by atoms with Gasteiger partial charge in [0.1, 0.15) is 11.5 Å². The first-order valence-corrected chi connectivity index (χ1v) is 8.60. The molecule has 0 N–H and O–H groups in total. The maximum absolute atomic E-state index is 13.3. The molecule has 1 saturated heterocycles.